The van der Waals surface area contributed by atoms with E-state index in [4.69, 9.17) is 5.73 Å². The van der Waals surface area contributed by atoms with E-state index in [1.165, 1.54) is 0 Å². The van der Waals surface area contributed by atoms with Gasteiger partial charge >= 0.3 is 0 Å². The van der Waals surface area contributed by atoms with Crippen molar-refractivity contribution in [2.45, 2.75) is 31.3 Å². The lowest BCUT2D eigenvalue weighted by Gasteiger charge is -2.12. The van der Waals surface area contributed by atoms with E-state index in [1.54, 1.807) is 0 Å². The zero-order valence-electron chi connectivity index (χ0n) is 6.42. The molecule has 0 aromatic rings. The molecule has 3 nitrogen and oxygen atoms in total. The molecule has 0 amide bonds. The zero-order chi connectivity index (χ0) is 8.27. The van der Waals surface area contributed by atoms with Gasteiger partial charge in [0, 0.05) is 18.9 Å². The monoisotopic (exact) mass is 152 g/mol. The van der Waals surface area contributed by atoms with Gasteiger partial charge in [0.25, 0.3) is 0 Å². The Bertz CT molecular complexity index is 214. The number of nitrogens with zero attached hydrogens (tertiary/aromatic N) is 1. The Morgan fingerprint density at radius 3 is 3.00 bits per heavy atom. The minimum absolute atomic E-state index is 0.0840. The van der Waals surface area contributed by atoms with E-state index in [9.17, 15) is 5.21 Å². The highest BCUT2D eigenvalue weighted by Gasteiger charge is 2.17. The van der Waals surface area contributed by atoms with Crippen molar-refractivity contribution in [3.8, 4) is 11.8 Å². The third kappa shape index (κ3) is 2.24. The van der Waals surface area contributed by atoms with Gasteiger partial charge in [0.15, 0.2) is 0 Å². The first-order valence-corrected chi connectivity index (χ1v) is 3.71. The molecule has 0 heterocycles. The molecule has 60 valence electrons. The molecule has 0 saturated carbocycles. The van der Waals surface area contributed by atoms with Crippen molar-refractivity contribution in [2.24, 2.45) is 5.73 Å². The molecule has 0 saturated heterocycles. The van der Waals surface area contributed by atoms with Gasteiger partial charge in [-0.05, 0) is 12.3 Å². The molecule has 1 aliphatic carbocycles. The maximum absolute atomic E-state index is 10.7. The van der Waals surface area contributed by atoms with E-state index < -0.39 is 0 Å². The fraction of sp³-hybridized carbons (Fsp3) is 0.625. The standard InChI is InChI=1S/C8H12N2O/c1-10(11)8-5-3-2-4-7(9)6-8/h7-8H,1-2,4,6,9H2. The summed E-state index contributed by atoms with van der Waals surface area (Å²) in [6.07, 6.45) is 2.32. The highest BCUT2D eigenvalue weighted by atomic mass is 16.5. The molecule has 0 fully saturated rings. The van der Waals surface area contributed by atoms with Crippen molar-refractivity contribution in [1.29, 1.82) is 0 Å². The van der Waals surface area contributed by atoms with Crippen LogP contribution < -0.4 is 5.73 Å². The van der Waals surface area contributed by atoms with Crippen LogP contribution in [0.25, 0.3) is 0 Å². The molecule has 1 aliphatic rings. The number of hydrogen-bond acceptors (Lipinski definition) is 2. The lowest BCUT2D eigenvalue weighted by atomic mass is 10.1. The second-order valence-corrected chi connectivity index (χ2v) is 2.79. The Morgan fingerprint density at radius 2 is 2.36 bits per heavy atom. The minimum Gasteiger partial charge on any atom is -0.623 e. The summed E-state index contributed by atoms with van der Waals surface area (Å²) in [5.74, 6) is 5.73. The summed E-state index contributed by atoms with van der Waals surface area (Å²) in [5.41, 5.74) is 5.69. The third-order valence-electron chi connectivity index (χ3n) is 1.78. The minimum atomic E-state index is -0.299. The molecule has 0 aromatic heterocycles. The highest BCUT2D eigenvalue weighted by Crippen LogP contribution is 2.07. The van der Waals surface area contributed by atoms with Gasteiger partial charge in [-0.2, -0.15) is 0 Å². The second-order valence-electron chi connectivity index (χ2n) is 2.79. The number of nitrogens with two attached hydrogens (primary N) is 1. The van der Waals surface area contributed by atoms with Crippen LogP contribution in [0.2, 0.25) is 0 Å². The smallest absolute Gasteiger partial charge is 0.224 e. The topological polar surface area (TPSA) is 52.1 Å². The van der Waals surface area contributed by atoms with Crippen molar-refractivity contribution >= 4 is 6.72 Å². The van der Waals surface area contributed by atoms with Crippen LogP contribution in [-0.4, -0.2) is 23.5 Å². The van der Waals surface area contributed by atoms with Gasteiger partial charge in [-0.15, -0.1) is 0 Å². The largest absolute Gasteiger partial charge is 0.623 e. The van der Waals surface area contributed by atoms with E-state index >= 15 is 0 Å². The molecule has 0 spiro atoms. The maximum atomic E-state index is 10.7. The van der Waals surface area contributed by atoms with Gasteiger partial charge in [-0.25, -0.2) is 4.74 Å². The summed E-state index contributed by atoms with van der Waals surface area (Å²) in [7, 11) is 0. The van der Waals surface area contributed by atoms with E-state index in [0.717, 1.165) is 12.8 Å². The van der Waals surface area contributed by atoms with Gasteiger partial charge in [-0.3, -0.25) is 0 Å². The quantitative estimate of drug-likeness (QED) is 0.190. The SMILES string of the molecule is C=[N+]([O-])C1C#CCCC(N)C1. The number of hydrogen-bond donors (Lipinski definition) is 1. The van der Waals surface area contributed by atoms with Crippen LogP contribution in [0.15, 0.2) is 0 Å². The van der Waals surface area contributed by atoms with Crippen LogP contribution >= 0.6 is 0 Å². The van der Waals surface area contributed by atoms with Crippen molar-refractivity contribution in [1.82, 2.24) is 0 Å². The van der Waals surface area contributed by atoms with E-state index in [-0.39, 0.29) is 12.1 Å². The van der Waals surface area contributed by atoms with Crippen LogP contribution in [0.1, 0.15) is 19.3 Å². The Morgan fingerprint density at radius 1 is 1.64 bits per heavy atom. The van der Waals surface area contributed by atoms with Crippen molar-refractivity contribution in [3.05, 3.63) is 5.21 Å². The summed E-state index contributed by atoms with van der Waals surface area (Å²) in [5, 5.41) is 10.7. The second kappa shape index (κ2) is 3.40. The fourth-order valence-corrected chi connectivity index (χ4v) is 1.10. The zero-order valence-corrected chi connectivity index (χ0v) is 6.42. The Hall–Kier alpha value is -1.01. The van der Waals surface area contributed by atoms with Gasteiger partial charge in [0.05, 0.1) is 0 Å². The van der Waals surface area contributed by atoms with Gasteiger partial charge in [0.1, 0.15) is 6.72 Å². The Labute approximate surface area is 66.5 Å². The summed E-state index contributed by atoms with van der Waals surface area (Å²) < 4.78 is 0.637. The molecule has 0 aliphatic heterocycles. The molecule has 3 heteroatoms. The first-order valence-electron chi connectivity index (χ1n) is 3.71. The third-order valence-corrected chi connectivity index (χ3v) is 1.78. The molecule has 11 heavy (non-hydrogen) atoms. The fourth-order valence-electron chi connectivity index (χ4n) is 1.10. The average molecular weight is 152 g/mol. The summed E-state index contributed by atoms with van der Waals surface area (Å²) in [4.78, 5) is 0. The first kappa shape index (κ1) is 8.09. The first-order chi connectivity index (χ1) is 5.20. The Balaban J connectivity index is 2.61. The molecule has 0 aromatic carbocycles. The van der Waals surface area contributed by atoms with Crippen LogP contribution in [0, 0.1) is 17.0 Å². The van der Waals surface area contributed by atoms with Gasteiger partial charge in [0.2, 0.25) is 6.04 Å². The van der Waals surface area contributed by atoms with Crippen molar-refractivity contribution < 1.29 is 4.74 Å². The Kier molecular flexibility index (Phi) is 2.50. The van der Waals surface area contributed by atoms with E-state index in [1.807, 2.05) is 0 Å². The lowest BCUT2D eigenvalue weighted by molar-refractivity contribution is -0.477. The molecule has 0 radical (unpaired) electrons. The normalized spacial score (nSPS) is 29.9. The maximum Gasteiger partial charge on any atom is 0.224 e. The highest BCUT2D eigenvalue weighted by molar-refractivity contribution is 5.18. The summed E-state index contributed by atoms with van der Waals surface area (Å²) >= 11 is 0. The number of rotatable bonds is 1. The van der Waals surface area contributed by atoms with Crippen LogP contribution in [0.3, 0.4) is 0 Å². The van der Waals surface area contributed by atoms with E-state index in [0.29, 0.717) is 11.2 Å². The number of hydroxylamine groups is 1. The predicted molar refractivity (Wildman–Crippen MR) is 44.1 cm³/mol. The van der Waals surface area contributed by atoms with Gasteiger partial charge < -0.3 is 10.9 Å². The van der Waals surface area contributed by atoms with Crippen molar-refractivity contribution in [3.63, 3.8) is 0 Å². The molecule has 2 atom stereocenters. The predicted octanol–water partition coefficient (Wildman–Crippen LogP) is 0.0805. The van der Waals surface area contributed by atoms with Crippen LogP contribution in [-0.2, 0) is 0 Å². The summed E-state index contributed by atoms with van der Waals surface area (Å²) in [6, 6.07) is -0.215. The van der Waals surface area contributed by atoms with Crippen molar-refractivity contribution in [2.75, 3.05) is 0 Å². The lowest BCUT2D eigenvalue weighted by Crippen LogP contribution is -2.28. The average Bonchev–Trinajstić information content (AvgIpc) is 2.13. The molecule has 2 unspecified atom stereocenters. The van der Waals surface area contributed by atoms with E-state index in [2.05, 4.69) is 18.6 Å². The molecular weight excluding hydrogens is 140 g/mol. The molecular formula is C8H12N2O. The van der Waals surface area contributed by atoms with Gasteiger partial charge in [-0.1, -0.05) is 5.92 Å². The van der Waals surface area contributed by atoms with Crippen LogP contribution in [0.5, 0.6) is 0 Å². The molecule has 2 N–H and O–H groups in total. The van der Waals surface area contributed by atoms with Crippen LogP contribution in [0.4, 0.5) is 0 Å². The molecule has 1 rings (SSSR count). The summed E-state index contributed by atoms with van der Waals surface area (Å²) in [6.45, 7) is 3.26. The molecule has 0 bridgehead atoms.